The van der Waals surface area contributed by atoms with Gasteiger partial charge in [0.25, 0.3) is 5.91 Å². The first kappa shape index (κ1) is 20.6. The van der Waals surface area contributed by atoms with Crippen molar-refractivity contribution in [1.29, 1.82) is 0 Å². The minimum Gasteiger partial charge on any atom is -0.459 e. The third kappa shape index (κ3) is 4.47. The average molecular weight is 428 g/mol. The second kappa shape index (κ2) is 8.46. The van der Waals surface area contributed by atoms with Gasteiger partial charge >= 0.3 is 0 Å². The number of fused-ring (bicyclic) bond motifs is 1. The summed E-state index contributed by atoms with van der Waals surface area (Å²) in [5.74, 6) is 0.302. The highest BCUT2D eigenvalue weighted by atomic mass is 35.5. The van der Waals surface area contributed by atoms with Crippen LogP contribution < -0.4 is 10.6 Å². The molecule has 0 spiro atoms. The van der Waals surface area contributed by atoms with E-state index < -0.39 is 5.91 Å². The van der Waals surface area contributed by atoms with Gasteiger partial charge in [-0.2, -0.15) is 0 Å². The van der Waals surface area contributed by atoms with Crippen molar-refractivity contribution in [3.63, 3.8) is 0 Å². The minimum atomic E-state index is -0.411. The van der Waals surface area contributed by atoms with Gasteiger partial charge in [-0.05, 0) is 73.6 Å². The van der Waals surface area contributed by atoms with Crippen molar-refractivity contribution >= 4 is 52.4 Å². The monoisotopic (exact) mass is 427 g/mol. The van der Waals surface area contributed by atoms with E-state index in [1.165, 1.54) is 6.26 Å². The molecule has 0 bridgehead atoms. The molecule has 0 fully saturated rings. The first-order valence-corrected chi connectivity index (χ1v) is 9.04. The summed E-state index contributed by atoms with van der Waals surface area (Å²) in [6.07, 6.45) is 1.43. The summed E-state index contributed by atoms with van der Waals surface area (Å²) in [6, 6.07) is 14.8. The number of nitrogens with one attached hydrogen (secondary N) is 2. The fourth-order valence-electron chi connectivity index (χ4n) is 2.78. The quantitative estimate of drug-likeness (QED) is 0.434. The lowest BCUT2D eigenvalue weighted by Gasteiger charge is -2.12. The second-order valence-corrected chi connectivity index (χ2v) is 6.81. The van der Waals surface area contributed by atoms with E-state index in [4.69, 9.17) is 21.1 Å². The van der Waals surface area contributed by atoms with E-state index in [1.54, 1.807) is 12.1 Å². The van der Waals surface area contributed by atoms with Crippen LogP contribution in [0.4, 0.5) is 5.69 Å². The Labute approximate surface area is 178 Å². The number of anilines is 1. The molecular formula is C21H18ClN3O3S. The first-order valence-electron chi connectivity index (χ1n) is 8.63. The Hall–Kier alpha value is -3.16. The largest absolute Gasteiger partial charge is 0.459 e. The molecule has 2 N–H and O–H groups in total. The summed E-state index contributed by atoms with van der Waals surface area (Å²) >= 11 is 5.25. The Morgan fingerprint density at radius 2 is 1.93 bits per heavy atom. The Morgan fingerprint density at radius 1 is 1.10 bits per heavy atom. The number of hydrogen-bond acceptors (Lipinski definition) is 5. The van der Waals surface area contributed by atoms with Crippen molar-refractivity contribution in [3.05, 3.63) is 71.7 Å². The number of benzene rings is 2. The molecule has 4 aromatic rings. The summed E-state index contributed by atoms with van der Waals surface area (Å²) in [7, 11) is 0. The molecule has 0 aliphatic carbocycles. The van der Waals surface area contributed by atoms with E-state index in [9.17, 15) is 4.79 Å². The van der Waals surface area contributed by atoms with Crippen LogP contribution in [0.1, 0.15) is 21.7 Å². The maximum absolute atomic E-state index is 12.0. The zero-order valence-electron chi connectivity index (χ0n) is 15.7. The second-order valence-electron chi connectivity index (χ2n) is 6.41. The van der Waals surface area contributed by atoms with Gasteiger partial charge in [-0.3, -0.25) is 10.1 Å². The highest BCUT2D eigenvalue weighted by molar-refractivity contribution is 7.80. The molecule has 148 valence electrons. The smallest absolute Gasteiger partial charge is 0.293 e. The fourth-order valence-corrected chi connectivity index (χ4v) is 2.98. The summed E-state index contributed by atoms with van der Waals surface area (Å²) in [6.45, 7) is 3.96. The van der Waals surface area contributed by atoms with Crippen LogP contribution in [0.5, 0.6) is 0 Å². The van der Waals surface area contributed by atoms with Crippen molar-refractivity contribution in [2.45, 2.75) is 13.8 Å². The molecule has 2 heterocycles. The molecule has 0 saturated heterocycles. The summed E-state index contributed by atoms with van der Waals surface area (Å²) < 4.78 is 10.9. The van der Waals surface area contributed by atoms with Gasteiger partial charge in [0.1, 0.15) is 5.52 Å². The third-order valence-corrected chi connectivity index (χ3v) is 4.45. The molecule has 0 radical (unpaired) electrons. The zero-order chi connectivity index (χ0) is 19.7. The molecule has 0 aliphatic rings. The van der Waals surface area contributed by atoms with Crippen LogP contribution in [0.3, 0.4) is 0 Å². The average Bonchev–Trinajstić information content (AvgIpc) is 3.32. The van der Waals surface area contributed by atoms with Crippen molar-refractivity contribution in [2.24, 2.45) is 0 Å². The van der Waals surface area contributed by atoms with Crippen LogP contribution in [0.2, 0.25) is 0 Å². The van der Waals surface area contributed by atoms with Crippen LogP contribution in [0.25, 0.3) is 22.6 Å². The van der Waals surface area contributed by atoms with Gasteiger partial charge < -0.3 is 14.2 Å². The minimum absolute atomic E-state index is 0. The molecule has 8 heteroatoms. The standard InChI is InChI=1S/C21H17N3O3S.ClH/c1-12-5-8-17-16(10-12)22-20(27-17)14-7-6-13(2)15(11-14)23-21(28)24-19(25)18-4-3-9-26-18;/h3-11H,1-2H3,(H2,23,24,25,28);1H. The lowest BCUT2D eigenvalue weighted by atomic mass is 10.1. The van der Waals surface area contributed by atoms with E-state index in [0.717, 1.165) is 33.5 Å². The maximum Gasteiger partial charge on any atom is 0.293 e. The number of aromatic nitrogens is 1. The van der Waals surface area contributed by atoms with Crippen LogP contribution >= 0.6 is 24.6 Å². The van der Waals surface area contributed by atoms with Crippen LogP contribution in [0, 0.1) is 13.8 Å². The molecule has 4 rings (SSSR count). The number of oxazole rings is 1. The van der Waals surface area contributed by atoms with Crippen LogP contribution in [-0.4, -0.2) is 16.0 Å². The predicted octanol–water partition coefficient (Wildman–Crippen LogP) is 5.25. The van der Waals surface area contributed by atoms with Crippen LogP contribution in [0.15, 0.2) is 63.6 Å². The molecule has 0 aliphatic heterocycles. The lowest BCUT2D eigenvalue weighted by Crippen LogP contribution is -2.34. The van der Waals surface area contributed by atoms with Gasteiger partial charge in [0.05, 0.1) is 6.26 Å². The molecule has 0 saturated carbocycles. The number of nitrogens with zero attached hydrogens (tertiary/aromatic N) is 1. The molecule has 0 unspecified atom stereocenters. The molecule has 2 aromatic carbocycles. The molecule has 1 amide bonds. The molecular weight excluding hydrogens is 410 g/mol. The van der Waals surface area contributed by atoms with Crippen molar-refractivity contribution in [1.82, 2.24) is 10.3 Å². The normalized spacial score (nSPS) is 10.4. The van der Waals surface area contributed by atoms with Gasteiger partial charge in [-0.1, -0.05) is 12.1 Å². The zero-order valence-corrected chi connectivity index (χ0v) is 17.3. The predicted molar refractivity (Wildman–Crippen MR) is 119 cm³/mol. The molecule has 0 atom stereocenters. The van der Waals surface area contributed by atoms with E-state index in [1.807, 2.05) is 50.2 Å². The Bertz CT molecular complexity index is 1190. The van der Waals surface area contributed by atoms with Crippen LogP contribution in [-0.2, 0) is 0 Å². The third-order valence-electron chi connectivity index (χ3n) is 4.25. The van der Waals surface area contributed by atoms with E-state index in [0.29, 0.717) is 5.89 Å². The SMILES string of the molecule is Cc1ccc2oc(-c3ccc(C)c(NC(=S)NC(=O)c4ccco4)c3)nc2c1.Cl. The van der Waals surface area contributed by atoms with Crippen molar-refractivity contribution < 1.29 is 13.6 Å². The number of aryl methyl sites for hydroxylation is 2. The summed E-state index contributed by atoms with van der Waals surface area (Å²) in [5, 5.41) is 5.81. The topological polar surface area (TPSA) is 80.3 Å². The van der Waals surface area contributed by atoms with Gasteiger partial charge in [0.15, 0.2) is 16.5 Å². The summed E-state index contributed by atoms with van der Waals surface area (Å²) in [5.41, 5.74) is 5.19. The lowest BCUT2D eigenvalue weighted by molar-refractivity contribution is 0.0950. The molecule has 6 nitrogen and oxygen atoms in total. The Kier molecular flexibility index (Phi) is 6.00. The van der Waals surface area contributed by atoms with Gasteiger partial charge in [0.2, 0.25) is 5.89 Å². The number of thiocarbonyl (C=S) groups is 1. The highest BCUT2D eigenvalue weighted by Crippen LogP contribution is 2.28. The highest BCUT2D eigenvalue weighted by Gasteiger charge is 2.13. The van der Waals surface area contributed by atoms with Gasteiger partial charge in [0, 0.05) is 11.3 Å². The first-order chi connectivity index (χ1) is 13.5. The maximum atomic E-state index is 12.0. The van der Waals surface area contributed by atoms with E-state index in [2.05, 4.69) is 15.6 Å². The van der Waals surface area contributed by atoms with Crippen molar-refractivity contribution in [3.8, 4) is 11.5 Å². The number of halogens is 1. The summed E-state index contributed by atoms with van der Waals surface area (Å²) in [4.78, 5) is 16.6. The number of carbonyl (C=O) groups excluding carboxylic acids is 1. The van der Waals surface area contributed by atoms with E-state index in [-0.39, 0.29) is 23.3 Å². The number of carbonyl (C=O) groups is 1. The van der Waals surface area contributed by atoms with Crippen molar-refractivity contribution in [2.75, 3.05) is 5.32 Å². The Balaban J connectivity index is 0.00000240. The number of hydrogen-bond donors (Lipinski definition) is 2. The number of furan rings is 1. The molecule has 29 heavy (non-hydrogen) atoms. The fraction of sp³-hybridized carbons (Fsp3) is 0.0952. The van der Waals surface area contributed by atoms with Gasteiger partial charge in [-0.25, -0.2) is 4.98 Å². The molecule has 2 aromatic heterocycles. The Morgan fingerprint density at radius 3 is 2.69 bits per heavy atom. The van der Waals surface area contributed by atoms with E-state index >= 15 is 0 Å². The number of amides is 1. The number of rotatable bonds is 3. The van der Waals surface area contributed by atoms with Gasteiger partial charge in [-0.15, -0.1) is 12.4 Å².